The van der Waals surface area contributed by atoms with Gasteiger partial charge in [0.25, 0.3) is 5.91 Å². The first-order valence-corrected chi connectivity index (χ1v) is 10.9. The van der Waals surface area contributed by atoms with Gasteiger partial charge in [0.2, 0.25) is 0 Å². The Morgan fingerprint density at radius 3 is 2.42 bits per heavy atom. The van der Waals surface area contributed by atoms with Gasteiger partial charge in [0, 0.05) is 13.3 Å². The first-order chi connectivity index (χ1) is 12.2. The third-order valence-electron chi connectivity index (χ3n) is 3.78. The summed E-state index contributed by atoms with van der Waals surface area (Å²) in [6.07, 6.45) is 1.22. The normalized spacial score (nSPS) is 12.7. The molecule has 0 atom stereocenters. The molecule has 0 N–H and O–H groups in total. The molecule has 0 aliphatic rings. The number of sulfone groups is 1. The number of aromatic nitrogens is 1. The van der Waals surface area contributed by atoms with Crippen LogP contribution in [0.2, 0.25) is 10.0 Å². The lowest BCUT2D eigenvalue weighted by Crippen LogP contribution is -2.14. The molecule has 2 aromatic carbocycles. The molecule has 0 aliphatic heterocycles. The Morgan fingerprint density at radius 1 is 1.15 bits per heavy atom. The van der Waals surface area contributed by atoms with E-state index in [1.54, 1.807) is 29.8 Å². The number of aryl methyl sites for hydroxylation is 1. The SMILES string of the molecule is Cn1c(=NC(=O)Cc2ccc(S(C)(=O)=O)cc2)sc2ccc(Cl)c(Cl)c21. The number of hydrogen-bond acceptors (Lipinski definition) is 4. The van der Waals surface area contributed by atoms with Crippen LogP contribution in [0.3, 0.4) is 0 Å². The van der Waals surface area contributed by atoms with E-state index in [2.05, 4.69) is 4.99 Å². The summed E-state index contributed by atoms with van der Waals surface area (Å²) in [5, 5.41) is 0.865. The van der Waals surface area contributed by atoms with Gasteiger partial charge in [0.15, 0.2) is 14.6 Å². The van der Waals surface area contributed by atoms with Crippen LogP contribution in [-0.2, 0) is 28.1 Å². The van der Waals surface area contributed by atoms with Crippen LogP contribution in [0.4, 0.5) is 0 Å². The van der Waals surface area contributed by atoms with Crippen molar-refractivity contribution in [3.63, 3.8) is 0 Å². The van der Waals surface area contributed by atoms with Gasteiger partial charge in [-0.15, -0.1) is 0 Å². The van der Waals surface area contributed by atoms with Crippen LogP contribution in [0.5, 0.6) is 0 Å². The van der Waals surface area contributed by atoms with Gasteiger partial charge in [-0.2, -0.15) is 4.99 Å². The summed E-state index contributed by atoms with van der Waals surface area (Å²) in [5.41, 5.74) is 1.42. The van der Waals surface area contributed by atoms with Crippen molar-refractivity contribution in [3.05, 3.63) is 56.8 Å². The minimum Gasteiger partial charge on any atom is -0.318 e. The molecule has 136 valence electrons. The number of rotatable bonds is 3. The fourth-order valence-corrected chi connectivity index (χ4v) is 4.63. The van der Waals surface area contributed by atoms with E-state index >= 15 is 0 Å². The predicted octanol–water partition coefficient (Wildman–Crippen LogP) is 3.62. The van der Waals surface area contributed by atoms with E-state index in [4.69, 9.17) is 23.2 Å². The van der Waals surface area contributed by atoms with Crippen LogP contribution in [0.15, 0.2) is 46.3 Å². The average Bonchev–Trinajstić information content (AvgIpc) is 2.87. The number of benzene rings is 2. The third-order valence-corrected chi connectivity index (χ3v) is 6.80. The third kappa shape index (κ3) is 3.86. The number of amides is 1. The Bertz CT molecular complexity index is 1180. The molecular formula is C17H14Cl2N2O3S2. The fourth-order valence-electron chi connectivity index (χ4n) is 2.45. The first kappa shape index (κ1) is 19.1. The van der Waals surface area contributed by atoms with Crippen molar-refractivity contribution in [3.8, 4) is 0 Å². The zero-order chi connectivity index (χ0) is 19.1. The molecule has 5 nitrogen and oxygen atoms in total. The molecule has 3 rings (SSSR count). The Morgan fingerprint density at radius 2 is 1.81 bits per heavy atom. The lowest BCUT2D eigenvalue weighted by atomic mass is 10.1. The van der Waals surface area contributed by atoms with Gasteiger partial charge in [-0.1, -0.05) is 46.7 Å². The Labute approximate surface area is 164 Å². The number of carbonyl (C=O) groups excluding carboxylic acids is 1. The molecule has 1 aromatic heterocycles. The van der Waals surface area contributed by atoms with Gasteiger partial charge >= 0.3 is 0 Å². The Balaban J connectivity index is 1.91. The van der Waals surface area contributed by atoms with Crippen molar-refractivity contribution in [2.24, 2.45) is 12.0 Å². The summed E-state index contributed by atoms with van der Waals surface area (Å²) in [5.74, 6) is -0.332. The number of thiazole rings is 1. The van der Waals surface area contributed by atoms with Gasteiger partial charge in [-0.05, 0) is 29.8 Å². The highest BCUT2D eigenvalue weighted by Crippen LogP contribution is 2.31. The van der Waals surface area contributed by atoms with Gasteiger partial charge in [-0.3, -0.25) is 4.79 Å². The number of halogens is 2. The number of nitrogens with zero attached hydrogens (tertiary/aromatic N) is 2. The highest BCUT2D eigenvalue weighted by molar-refractivity contribution is 7.90. The van der Waals surface area contributed by atoms with Crippen LogP contribution < -0.4 is 4.80 Å². The first-order valence-electron chi connectivity index (χ1n) is 7.47. The van der Waals surface area contributed by atoms with E-state index in [0.717, 1.165) is 16.5 Å². The van der Waals surface area contributed by atoms with Crippen LogP contribution in [0.1, 0.15) is 5.56 Å². The smallest absolute Gasteiger partial charge is 0.252 e. The van der Waals surface area contributed by atoms with E-state index in [1.165, 1.54) is 23.5 Å². The van der Waals surface area contributed by atoms with E-state index < -0.39 is 9.84 Å². The summed E-state index contributed by atoms with van der Waals surface area (Å²) in [6, 6.07) is 9.74. The van der Waals surface area contributed by atoms with Crippen molar-refractivity contribution in [2.75, 3.05) is 6.26 Å². The highest BCUT2D eigenvalue weighted by atomic mass is 35.5. The lowest BCUT2D eigenvalue weighted by Gasteiger charge is -2.01. The molecular weight excluding hydrogens is 415 g/mol. The van der Waals surface area contributed by atoms with Gasteiger partial charge in [0.05, 0.1) is 31.6 Å². The van der Waals surface area contributed by atoms with Crippen LogP contribution in [0.25, 0.3) is 10.2 Å². The highest BCUT2D eigenvalue weighted by Gasteiger charge is 2.12. The van der Waals surface area contributed by atoms with Crippen molar-refractivity contribution in [2.45, 2.75) is 11.3 Å². The minimum absolute atomic E-state index is 0.0762. The van der Waals surface area contributed by atoms with E-state index in [9.17, 15) is 13.2 Å². The molecule has 9 heteroatoms. The van der Waals surface area contributed by atoms with E-state index in [0.29, 0.717) is 20.4 Å². The summed E-state index contributed by atoms with van der Waals surface area (Å²) >= 11 is 13.6. The van der Waals surface area contributed by atoms with Gasteiger partial charge in [-0.25, -0.2) is 8.42 Å². The number of fused-ring (bicyclic) bond motifs is 1. The molecule has 0 aliphatic carbocycles. The zero-order valence-corrected chi connectivity index (χ0v) is 17.0. The standard InChI is InChI=1S/C17H14Cl2N2O3S2/c1-21-16-13(8-7-12(18)15(16)19)25-17(21)20-14(22)9-10-3-5-11(6-4-10)26(2,23)24/h3-8H,9H2,1-2H3. The van der Waals surface area contributed by atoms with E-state index in [1.807, 2.05) is 6.07 Å². The summed E-state index contributed by atoms with van der Waals surface area (Å²) < 4.78 is 25.6. The summed E-state index contributed by atoms with van der Waals surface area (Å²) in [4.78, 5) is 17.2. The molecule has 3 aromatic rings. The maximum atomic E-state index is 12.3. The van der Waals surface area contributed by atoms with Gasteiger partial charge < -0.3 is 4.57 Å². The lowest BCUT2D eigenvalue weighted by molar-refractivity contribution is -0.117. The quantitative estimate of drug-likeness (QED) is 0.639. The molecule has 0 saturated heterocycles. The molecule has 26 heavy (non-hydrogen) atoms. The molecule has 0 radical (unpaired) electrons. The van der Waals surface area contributed by atoms with Crippen molar-refractivity contribution in [1.82, 2.24) is 4.57 Å². The number of carbonyl (C=O) groups is 1. The predicted molar refractivity (Wildman–Crippen MR) is 105 cm³/mol. The fraction of sp³-hybridized carbons (Fsp3) is 0.176. The monoisotopic (exact) mass is 428 g/mol. The van der Waals surface area contributed by atoms with Crippen LogP contribution >= 0.6 is 34.5 Å². The Hall–Kier alpha value is -1.67. The van der Waals surface area contributed by atoms with Crippen molar-refractivity contribution in [1.29, 1.82) is 0 Å². The van der Waals surface area contributed by atoms with E-state index in [-0.39, 0.29) is 17.2 Å². The molecule has 0 spiro atoms. The molecule has 0 saturated carbocycles. The van der Waals surface area contributed by atoms with Crippen molar-refractivity contribution < 1.29 is 13.2 Å². The largest absolute Gasteiger partial charge is 0.318 e. The number of hydrogen-bond donors (Lipinski definition) is 0. The second kappa shape index (κ2) is 7.15. The maximum absolute atomic E-state index is 12.3. The molecule has 1 heterocycles. The van der Waals surface area contributed by atoms with Crippen molar-refractivity contribution >= 4 is 60.5 Å². The van der Waals surface area contributed by atoms with Crippen LogP contribution in [-0.4, -0.2) is 25.1 Å². The second-order valence-corrected chi connectivity index (χ2v) is 9.56. The zero-order valence-electron chi connectivity index (χ0n) is 13.9. The maximum Gasteiger partial charge on any atom is 0.252 e. The summed E-state index contributed by atoms with van der Waals surface area (Å²) in [7, 11) is -1.49. The van der Waals surface area contributed by atoms with Crippen LogP contribution in [0, 0.1) is 0 Å². The summed E-state index contributed by atoms with van der Waals surface area (Å²) in [6.45, 7) is 0. The molecule has 1 amide bonds. The topological polar surface area (TPSA) is 68.5 Å². The molecule has 0 unspecified atom stereocenters. The second-order valence-electron chi connectivity index (χ2n) is 5.75. The van der Waals surface area contributed by atoms with Gasteiger partial charge in [0.1, 0.15) is 0 Å². The Kier molecular flexibility index (Phi) is 5.25. The average molecular weight is 429 g/mol. The molecule has 0 fully saturated rings. The molecule has 0 bridgehead atoms. The minimum atomic E-state index is -3.26.